The first-order valence-corrected chi connectivity index (χ1v) is 2.33. The smallest absolute Gasteiger partial charge is 0.705 e. The van der Waals surface area contributed by atoms with Crippen LogP contribution in [0, 0.1) is 0 Å². The van der Waals surface area contributed by atoms with Crippen LogP contribution < -0.4 is 69.6 Å². The molecule has 0 unspecified atom stereocenters. The summed E-state index contributed by atoms with van der Waals surface area (Å²) in [6.45, 7) is 0. The standard InChI is InChI=1S/2Na.H2O6S/c;;1-5-7(3,4)6-2/h;;1-2H/q2*+1;/p-2. The molecule has 0 N–H and O–H groups in total. The van der Waals surface area contributed by atoms with E-state index in [2.05, 4.69) is 8.67 Å². The largest absolute Gasteiger partial charge is 1.00 e. The van der Waals surface area contributed by atoms with E-state index in [1.54, 1.807) is 0 Å². The van der Waals surface area contributed by atoms with E-state index >= 15 is 0 Å². The SMILES string of the molecule is O=S(=O)(O[O-])O[O-].[Na+].[Na+]. The third-order valence-corrected chi connectivity index (χ3v) is 0.500. The van der Waals surface area contributed by atoms with Gasteiger partial charge in [0.15, 0.2) is 0 Å². The summed E-state index contributed by atoms with van der Waals surface area (Å²) in [6.07, 6.45) is 0. The Balaban J connectivity index is -0.000000180. The Morgan fingerprint density at radius 3 is 1.22 bits per heavy atom. The molecule has 9 heavy (non-hydrogen) atoms. The zero-order valence-corrected chi connectivity index (χ0v) is 9.67. The summed E-state index contributed by atoms with van der Waals surface area (Å²) in [7, 11) is -4.77. The molecule has 0 saturated carbocycles. The summed E-state index contributed by atoms with van der Waals surface area (Å²) in [5.41, 5.74) is 0. The topological polar surface area (TPSA) is 98.7 Å². The van der Waals surface area contributed by atoms with Crippen molar-refractivity contribution in [1.29, 1.82) is 0 Å². The molecule has 0 spiro atoms. The predicted octanol–water partition coefficient (Wildman–Crippen LogP) is -9.18. The second-order valence-corrected chi connectivity index (χ2v) is 1.63. The third-order valence-electron chi connectivity index (χ3n) is 0.167. The van der Waals surface area contributed by atoms with Gasteiger partial charge in [-0.25, -0.2) is 0 Å². The number of hydrogen-bond donors (Lipinski definition) is 0. The van der Waals surface area contributed by atoms with Crippen LogP contribution in [0.4, 0.5) is 0 Å². The van der Waals surface area contributed by atoms with Gasteiger partial charge in [-0.2, -0.15) is 8.42 Å². The fourth-order valence-corrected chi connectivity index (χ4v) is 0.0340. The Hall–Kier alpha value is 1.79. The molecule has 0 bridgehead atoms. The minimum Gasteiger partial charge on any atom is -0.705 e. The second-order valence-electron chi connectivity index (χ2n) is 0.544. The van der Waals surface area contributed by atoms with Crippen molar-refractivity contribution < 1.29 is 86.7 Å². The van der Waals surface area contributed by atoms with Crippen molar-refractivity contribution in [2.75, 3.05) is 0 Å². The van der Waals surface area contributed by atoms with Gasteiger partial charge in [-0.3, -0.25) is 0 Å². The predicted molar refractivity (Wildman–Crippen MR) is 11.1 cm³/mol. The number of hydrogen-bond acceptors (Lipinski definition) is 6. The normalized spacial score (nSPS) is 9.11. The summed E-state index contributed by atoms with van der Waals surface area (Å²) in [5, 5.41) is 17.5. The van der Waals surface area contributed by atoms with Crippen molar-refractivity contribution in [3.63, 3.8) is 0 Å². The molecule has 0 heterocycles. The molecule has 0 fully saturated rings. The van der Waals surface area contributed by atoms with Gasteiger partial charge >= 0.3 is 69.5 Å². The van der Waals surface area contributed by atoms with E-state index < -0.39 is 10.4 Å². The number of rotatable bonds is 2. The van der Waals surface area contributed by atoms with Crippen LogP contribution in [0.15, 0.2) is 0 Å². The van der Waals surface area contributed by atoms with E-state index in [0.717, 1.165) is 0 Å². The fourth-order valence-electron chi connectivity index (χ4n) is 0.0113. The van der Waals surface area contributed by atoms with E-state index in [0.29, 0.717) is 0 Å². The van der Waals surface area contributed by atoms with Gasteiger partial charge in [0.2, 0.25) is 0 Å². The summed E-state index contributed by atoms with van der Waals surface area (Å²) in [4.78, 5) is 0. The molecule has 0 aromatic rings. The summed E-state index contributed by atoms with van der Waals surface area (Å²) < 4.78 is 23.1. The molecule has 0 aliphatic carbocycles. The Morgan fingerprint density at radius 1 is 1.00 bits per heavy atom. The van der Waals surface area contributed by atoms with Crippen molar-refractivity contribution in [3.05, 3.63) is 0 Å². The molecule has 6 nitrogen and oxygen atoms in total. The van der Waals surface area contributed by atoms with Gasteiger partial charge in [-0.1, -0.05) is 0 Å². The summed E-state index contributed by atoms with van der Waals surface area (Å²) in [6, 6.07) is 0. The second kappa shape index (κ2) is 7.89. The molecule has 44 valence electrons. The maximum atomic E-state index is 9.30. The van der Waals surface area contributed by atoms with Crippen molar-refractivity contribution in [1.82, 2.24) is 0 Å². The molecule has 0 aliphatic heterocycles. The molecule has 0 radical (unpaired) electrons. The van der Waals surface area contributed by atoms with Gasteiger partial charge < -0.3 is 19.2 Å². The average molecular weight is 174 g/mol. The molecule has 0 atom stereocenters. The van der Waals surface area contributed by atoms with Crippen LogP contribution >= 0.6 is 0 Å². The molecule has 0 aliphatic rings. The van der Waals surface area contributed by atoms with Crippen LogP contribution in [0.2, 0.25) is 0 Å². The van der Waals surface area contributed by atoms with Gasteiger partial charge in [0, 0.05) is 0 Å². The first-order valence-electron chi connectivity index (χ1n) is 1.00. The maximum absolute atomic E-state index is 9.30. The van der Waals surface area contributed by atoms with Gasteiger partial charge in [0.25, 0.3) is 0 Å². The van der Waals surface area contributed by atoms with Crippen molar-refractivity contribution in [3.8, 4) is 0 Å². The molecule has 0 amide bonds. The zero-order valence-electron chi connectivity index (χ0n) is 4.86. The molecule has 9 heteroatoms. The van der Waals surface area contributed by atoms with Crippen molar-refractivity contribution in [2.45, 2.75) is 0 Å². The minimum absolute atomic E-state index is 0. The first-order chi connectivity index (χ1) is 3.12. The van der Waals surface area contributed by atoms with E-state index in [9.17, 15) is 8.42 Å². The van der Waals surface area contributed by atoms with Crippen LogP contribution in [-0.4, -0.2) is 8.42 Å². The molecular weight excluding hydrogens is 174 g/mol. The van der Waals surface area contributed by atoms with Crippen LogP contribution in [0.3, 0.4) is 0 Å². The third kappa shape index (κ3) is 9.79. The molecular formula is Na2O6S. The van der Waals surface area contributed by atoms with E-state index in [1.807, 2.05) is 0 Å². The Kier molecular flexibility index (Phi) is 14.9. The van der Waals surface area contributed by atoms with E-state index in [1.165, 1.54) is 0 Å². The zero-order chi connectivity index (χ0) is 5.91. The Morgan fingerprint density at radius 2 is 1.22 bits per heavy atom. The molecule has 0 saturated heterocycles. The molecule has 0 rings (SSSR count). The van der Waals surface area contributed by atoms with Crippen LogP contribution in [-0.2, 0) is 19.1 Å². The maximum Gasteiger partial charge on any atom is 1.00 e. The summed E-state index contributed by atoms with van der Waals surface area (Å²) in [5.74, 6) is 0. The minimum atomic E-state index is -4.77. The van der Waals surface area contributed by atoms with Crippen LogP contribution in [0.25, 0.3) is 0 Å². The van der Waals surface area contributed by atoms with E-state index in [-0.39, 0.29) is 59.1 Å². The fraction of sp³-hybridized carbons (Fsp3) is 0. The van der Waals surface area contributed by atoms with Crippen LogP contribution in [0.1, 0.15) is 0 Å². The van der Waals surface area contributed by atoms with Gasteiger partial charge in [-0.05, 0) is 0 Å². The van der Waals surface area contributed by atoms with Crippen molar-refractivity contribution in [2.24, 2.45) is 0 Å². The quantitative estimate of drug-likeness (QED) is 0.234. The van der Waals surface area contributed by atoms with E-state index in [4.69, 9.17) is 10.5 Å². The molecule has 0 aromatic heterocycles. The summed E-state index contributed by atoms with van der Waals surface area (Å²) >= 11 is 0. The van der Waals surface area contributed by atoms with Gasteiger partial charge in [0.1, 0.15) is 0 Å². The average Bonchev–Trinajstić information content (AvgIpc) is 1.68. The Labute approximate surface area is 95.9 Å². The Bertz CT molecular complexity index is 114. The van der Waals surface area contributed by atoms with Gasteiger partial charge in [0.05, 0.1) is 0 Å². The van der Waals surface area contributed by atoms with Gasteiger partial charge in [-0.15, -0.1) is 0 Å². The first kappa shape index (κ1) is 17.0. The molecule has 0 aromatic carbocycles. The monoisotopic (exact) mass is 174 g/mol. The van der Waals surface area contributed by atoms with Crippen molar-refractivity contribution >= 4 is 10.4 Å². The van der Waals surface area contributed by atoms with Crippen LogP contribution in [0.5, 0.6) is 0 Å².